The Hall–Kier alpha value is -2.46. The van der Waals surface area contributed by atoms with Gasteiger partial charge in [-0.1, -0.05) is 0 Å². The molecular formula is C13H9FNO6S2-. The average molecular weight is 358 g/mol. The van der Waals surface area contributed by atoms with Crippen LogP contribution in [0, 0.1) is 5.82 Å². The number of nitrogens with one attached hydrogen (secondary N) is 1. The van der Waals surface area contributed by atoms with Crippen molar-refractivity contribution >= 4 is 39.0 Å². The first-order valence-electron chi connectivity index (χ1n) is 5.96. The van der Waals surface area contributed by atoms with Gasteiger partial charge in [0.05, 0.1) is 23.7 Å². The zero-order chi connectivity index (χ0) is 17.2. The zero-order valence-electron chi connectivity index (χ0n) is 11.5. The molecule has 0 amide bonds. The predicted molar refractivity (Wildman–Crippen MR) is 77.2 cm³/mol. The van der Waals surface area contributed by atoms with Gasteiger partial charge in [-0.2, -0.15) is 0 Å². The van der Waals surface area contributed by atoms with Gasteiger partial charge in [-0.05, 0) is 29.6 Å². The Morgan fingerprint density at radius 1 is 1.30 bits per heavy atom. The summed E-state index contributed by atoms with van der Waals surface area (Å²) in [6.45, 7) is 0. The number of aromatic carboxylic acids is 1. The molecule has 0 radical (unpaired) electrons. The van der Waals surface area contributed by atoms with Crippen LogP contribution < -0.4 is 9.83 Å². The molecule has 2 aromatic rings. The lowest BCUT2D eigenvalue weighted by atomic mass is 10.2. The van der Waals surface area contributed by atoms with Crippen molar-refractivity contribution in [1.82, 2.24) is 0 Å². The maximum absolute atomic E-state index is 13.3. The number of sulfonamides is 1. The number of methoxy groups -OCH3 is 1. The normalized spacial score (nSPS) is 11.0. The lowest BCUT2D eigenvalue weighted by molar-refractivity contribution is -0.255. The Morgan fingerprint density at radius 2 is 2.00 bits per heavy atom. The summed E-state index contributed by atoms with van der Waals surface area (Å²) in [5.41, 5.74) is -0.910. The van der Waals surface area contributed by atoms with Crippen LogP contribution >= 0.6 is 11.3 Å². The molecule has 122 valence electrons. The first-order valence-corrected chi connectivity index (χ1v) is 8.32. The molecule has 7 nitrogen and oxygen atoms in total. The summed E-state index contributed by atoms with van der Waals surface area (Å²) < 4.78 is 44.5. The number of carbonyl (C=O) groups is 2. The smallest absolute Gasteiger partial charge is 0.350 e. The Morgan fingerprint density at radius 3 is 2.61 bits per heavy atom. The number of thiophene rings is 1. The summed E-state index contributed by atoms with van der Waals surface area (Å²) in [5.74, 6) is -3.69. The van der Waals surface area contributed by atoms with E-state index < -0.39 is 38.2 Å². The standard InChI is InChI=1S/C13H10FNO6S2/c1-21-13(18)11-10(4-5-22-11)15-23(19,20)7-2-3-9(14)8(6-7)12(16)17/h2-6,15H,1H3,(H,16,17)/p-1. The fourth-order valence-corrected chi connectivity index (χ4v) is 3.60. The van der Waals surface area contributed by atoms with Crippen molar-refractivity contribution in [2.24, 2.45) is 0 Å². The van der Waals surface area contributed by atoms with E-state index in [9.17, 15) is 27.5 Å². The summed E-state index contributed by atoms with van der Waals surface area (Å²) >= 11 is 0.963. The van der Waals surface area contributed by atoms with Crippen molar-refractivity contribution in [1.29, 1.82) is 0 Å². The van der Waals surface area contributed by atoms with E-state index in [4.69, 9.17) is 0 Å². The van der Waals surface area contributed by atoms with Crippen molar-refractivity contribution < 1.29 is 32.2 Å². The number of ether oxygens (including phenoxy) is 1. The lowest BCUT2D eigenvalue weighted by Gasteiger charge is -2.10. The molecule has 0 saturated heterocycles. The van der Waals surface area contributed by atoms with Gasteiger partial charge in [-0.3, -0.25) is 4.72 Å². The molecule has 2 rings (SSSR count). The molecule has 0 saturated carbocycles. The molecule has 0 unspecified atom stereocenters. The molecule has 0 fully saturated rings. The van der Waals surface area contributed by atoms with E-state index in [1.165, 1.54) is 11.4 Å². The summed E-state index contributed by atoms with van der Waals surface area (Å²) in [5, 5.41) is 12.2. The van der Waals surface area contributed by atoms with Crippen LogP contribution in [0.15, 0.2) is 34.5 Å². The number of rotatable bonds is 5. The summed E-state index contributed by atoms with van der Waals surface area (Å²) in [4.78, 5) is 21.8. The fourth-order valence-electron chi connectivity index (χ4n) is 1.67. The van der Waals surface area contributed by atoms with Gasteiger partial charge in [-0.15, -0.1) is 11.3 Å². The average Bonchev–Trinajstić information content (AvgIpc) is 2.93. The predicted octanol–water partition coefficient (Wildman–Crippen LogP) is 0.838. The molecule has 1 heterocycles. The van der Waals surface area contributed by atoms with Crippen LogP contribution in [-0.2, 0) is 14.8 Å². The summed E-state index contributed by atoms with van der Waals surface area (Å²) in [7, 11) is -3.08. The van der Waals surface area contributed by atoms with E-state index in [2.05, 4.69) is 9.46 Å². The number of esters is 1. The quantitative estimate of drug-likeness (QED) is 0.793. The molecule has 1 N–H and O–H groups in total. The van der Waals surface area contributed by atoms with E-state index >= 15 is 0 Å². The summed E-state index contributed by atoms with van der Waals surface area (Å²) in [6, 6.07) is 3.58. The van der Waals surface area contributed by atoms with E-state index in [0.717, 1.165) is 24.5 Å². The third-order valence-electron chi connectivity index (χ3n) is 2.75. The highest BCUT2D eigenvalue weighted by Crippen LogP contribution is 2.26. The van der Waals surface area contributed by atoms with E-state index in [1.807, 2.05) is 0 Å². The summed E-state index contributed by atoms with van der Waals surface area (Å²) in [6.07, 6.45) is 0. The number of carbonyl (C=O) groups excluding carboxylic acids is 2. The van der Waals surface area contributed by atoms with Crippen LogP contribution in [0.5, 0.6) is 0 Å². The fraction of sp³-hybridized carbons (Fsp3) is 0.0769. The highest BCUT2D eigenvalue weighted by atomic mass is 32.2. The maximum atomic E-state index is 13.3. The van der Waals surface area contributed by atoms with Gasteiger partial charge in [-0.25, -0.2) is 17.6 Å². The number of halogens is 1. The van der Waals surface area contributed by atoms with Crippen LogP contribution in [-0.4, -0.2) is 27.5 Å². The van der Waals surface area contributed by atoms with Gasteiger partial charge in [0.15, 0.2) is 0 Å². The van der Waals surface area contributed by atoms with E-state index in [-0.39, 0.29) is 10.6 Å². The van der Waals surface area contributed by atoms with E-state index in [1.54, 1.807) is 0 Å². The molecule has 0 bridgehead atoms. The zero-order valence-corrected chi connectivity index (χ0v) is 13.2. The Labute approximate surface area is 134 Å². The number of carboxylic acids is 1. The Balaban J connectivity index is 2.41. The van der Waals surface area contributed by atoms with Gasteiger partial charge >= 0.3 is 5.97 Å². The third-order valence-corrected chi connectivity index (χ3v) is 5.01. The molecule has 1 aromatic carbocycles. The number of hydrogen-bond acceptors (Lipinski definition) is 7. The molecule has 0 aliphatic heterocycles. The monoisotopic (exact) mass is 358 g/mol. The minimum absolute atomic E-state index is 0.0262. The van der Waals surface area contributed by atoms with Crippen molar-refractivity contribution in [2.45, 2.75) is 4.90 Å². The van der Waals surface area contributed by atoms with Gasteiger partial charge in [0.1, 0.15) is 10.7 Å². The number of benzene rings is 1. The van der Waals surface area contributed by atoms with Crippen molar-refractivity contribution in [2.75, 3.05) is 11.8 Å². The molecular weight excluding hydrogens is 349 g/mol. The van der Waals surface area contributed by atoms with Crippen molar-refractivity contribution in [3.63, 3.8) is 0 Å². The molecule has 10 heteroatoms. The third kappa shape index (κ3) is 3.48. The van der Waals surface area contributed by atoms with Crippen LogP contribution in [0.3, 0.4) is 0 Å². The van der Waals surface area contributed by atoms with E-state index in [0.29, 0.717) is 12.1 Å². The van der Waals surface area contributed by atoms with Crippen LogP contribution in [0.4, 0.5) is 10.1 Å². The lowest BCUT2D eigenvalue weighted by Crippen LogP contribution is -2.24. The van der Waals surface area contributed by atoms with Crippen molar-refractivity contribution in [3.05, 3.63) is 45.9 Å². The SMILES string of the molecule is COC(=O)c1sccc1NS(=O)(=O)c1ccc(F)c(C(=O)[O-])c1. The van der Waals surface area contributed by atoms with Crippen LogP contribution in [0.25, 0.3) is 0 Å². The molecule has 0 atom stereocenters. The highest BCUT2D eigenvalue weighted by Gasteiger charge is 2.21. The molecule has 0 aliphatic carbocycles. The van der Waals surface area contributed by atoms with Gasteiger partial charge < -0.3 is 14.6 Å². The van der Waals surface area contributed by atoms with Crippen LogP contribution in [0.1, 0.15) is 20.0 Å². The Kier molecular flexibility index (Phi) is 4.66. The minimum atomic E-state index is -4.23. The second-order valence-corrected chi connectivity index (χ2v) is 6.79. The van der Waals surface area contributed by atoms with Crippen molar-refractivity contribution in [3.8, 4) is 0 Å². The van der Waals surface area contributed by atoms with Gasteiger partial charge in [0.2, 0.25) is 0 Å². The van der Waals surface area contributed by atoms with Gasteiger partial charge in [0.25, 0.3) is 10.0 Å². The molecule has 0 spiro atoms. The number of anilines is 1. The molecule has 23 heavy (non-hydrogen) atoms. The van der Waals surface area contributed by atoms with Crippen LogP contribution in [0.2, 0.25) is 0 Å². The minimum Gasteiger partial charge on any atom is -0.545 e. The Bertz CT molecular complexity index is 874. The second kappa shape index (κ2) is 6.34. The molecule has 0 aliphatic rings. The highest BCUT2D eigenvalue weighted by molar-refractivity contribution is 7.92. The van der Waals surface area contributed by atoms with Gasteiger partial charge in [0, 0.05) is 5.56 Å². The first kappa shape index (κ1) is 16.9. The first-order chi connectivity index (χ1) is 10.8. The number of carboxylic acid groups (broad SMARTS) is 1. The topological polar surface area (TPSA) is 113 Å². The maximum Gasteiger partial charge on any atom is 0.350 e. The second-order valence-electron chi connectivity index (χ2n) is 4.19. The largest absolute Gasteiger partial charge is 0.545 e. The molecule has 1 aromatic heterocycles. The number of hydrogen-bond donors (Lipinski definition) is 1.